The fourth-order valence-electron chi connectivity index (χ4n) is 2.87. The Balaban J connectivity index is 1.60. The number of carbonyl (C=O) groups excluding carboxylic acids is 1. The van der Waals surface area contributed by atoms with Crippen molar-refractivity contribution in [2.24, 2.45) is 5.14 Å². The normalized spacial score (nSPS) is 11.5. The quantitative estimate of drug-likeness (QED) is 0.523. The third kappa shape index (κ3) is 5.75. The Labute approximate surface area is 174 Å². The Hall–Kier alpha value is -2.49. The zero-order chi connectivity index (χ0) is 20.9. The number of aromatic nitrogens is 3. The van der Waals surface area contributed by atoms with E-state index in [-0.39, 0.29) is 22.9 Å². The molecule has 0 aliphatic heterocycles. The summed E-state index contributed by atoms with van der Waals surface area (Å²) in [7, 11) is -3.73. The number of ketones is 1. The highest BCUT2D eigenvalue weighted by molar-refractivity contribution is 7.99. The summed E-state index contributed by atoms with van der Waals surface area (Å²) >= 11 is 1.36. The van der Waals surface area contributed by atoms with Crippen molar-refractivity contribution in [1.29, 1.82) is 0 Å². The van der Waals surface area contributed by atoms with Gasteiger partial charge in [-0.1, -0.05) is 54.2 Å². The van der Waals surface area contributed by atoms with Crippen LogP contribution in [-0.2, 0) is 34.2 Å². The number of carbonyl (C=O) groups is 1. The van der Waals surface area contributed by atoms with Crippen LogP contribution in [-0.4, -0.2) is 34.7 Å². The number of nitrogens with two attached hydrogens (primary N) is 1. The second kappa shape index (κ2) is 9.34. The van der Waals surface area contributed by atoms with E-state index in [1.54, 1.807) is 12.1 Å². The van der Waals surface area contributed by atoms with Crippen LogP contribution in [0.4, 0.5) is 0 Å². The zero-order valence-electron chi connectivity index (χ0n) is 16.0. The predicted molar refractivity (Wildman–Crippen MR) is 112 cm³/mol. The molecule has 0 amide bonds. The first kappa shape index (κ1) is 21.2. The summed E-state index contributed by atoms with van der Waals surface area (Å²) in [5.41, 5.74) is 1.90. The van der Waals surface area contributed by atoms with Gasteiger partial charge >= 0.3 is 0 Å². The van der Waals surface area contributed by atoms with E-state index < -0.39 is 10.0 Å². The molecular formula is C20H22N4O3S2. The van der Waals surface area contributed by atoms with Gasteiger partial charge < -0.3 is 4.57 Å². The van der Waals surface area contributed by atoms with E-state index in [0.29, 0.717) is 6.42 Å². The summed E-state index contributed by atoms with van der Waals surface area (Å²) < 4.78 is 24.6. The molecule has 7 nitrogen and oxygen atoms in total. The molecule has 152 valence electrons. The molecular weight excluding hydrogens is 408 g/mol. The van der Waals surface area contributed by atoms with Crippen molar-refractivity contribution in [3.63, 3.8) is 0 Å². The van der Waals surface area contributed by atoms with Crippen molar-refractivity contribution in [2.75, 3.05) is 5.75 Å². The molecule has 0 atom stereocenters. The van der Waals surface area contributed by atoms with Crippen LogP contribution in [0.3, 0.4) is 0 Å². The lowest BCUT2D eigenvalue weighted by atomic mass is 10.1. The van der Waals surface area contributed by atoms with E-state index in [2.05, 4.69) is 10.2 Å². The second-order valence-electron chi connectivity index (χ2n) is 6.50. The standard InChI is InChI=1S/C20H22N4O3S2/c1-2-24-19(13-15-6-4-3-5-7-15)22-23-20(24)28-14-17(25)12-16-8-10-18(11-9-16)29(21,26)27/h3-11H,2,12-14H2,1H3,(H2,21,26,27). The van der Waals surface area contributed by atoms with Crippen LogP contribution >= 0.6 is 11.8 Å². The molecule has 9 heteroatoms. The molecule has 0 aliphatic carbocycles. The number of Topliss-reactive ketones (excluding diaryl/α,β-unsaturated/α-hetero) is 1. The van der Waals surface area contributed by atoms with Gasteiger partial charge in [0.2, 0.25) is 10.0 Å². The maximum Gasteiger partial charge on any atom is 0.238 e. The van der Waals surface area contributed by atoms with Crippen LogP contribution in [0.1, 0.15) is 23.9 Å². The molecule has 0 aliphatic rings. The van der Waals surface area contributed by atoms with Gasteiger partial charge in [0.05, 0.1) is 10.6 Å². The topological polar surface area (TPSA) is 108 Å². The van der Waals surface area contributed by atoms with Gasteiger partial charge in [-0.2, -0.15) is 0 Å². The smallest absolute Gasteiger partial charge is 0.238 e. The van der Waals surface area contributed by atoms with Crippen LogP contribution in [0.25, 0.3) is 0 Å². The summed E-state index contributed by atoms with van der Waals surface area (Å²) in [6, 6.07) is 16.1. The molecule has 0 saturated carbocycles. The van der Waals surface area contributed by atoms with Gasteiger partial charge in [0.15, 0.2) is 5.16 Å². The minimum absolute atomic E-state index is 0.0219. The van der Waals surface area contributed by atoms with Gasteiger partial charge in [0.1, 0.15) is 11.6 Å². The molecule has 3 aromatic rings. The lowest BCUT2D eigenvalue weighted by molar-refractivity contribution is -0.116. The Morgan fingerprint density at radius 3 is 2.34 bits per heavy atom. The third-order valence-corrected chi connectivity index (χ3v) is 6.29. The molecule has 0 fully saturated rings. The lowest BCUT2D eigenvalue weighted by Gasteiger charge is -2.07. The summed E-state index contributed by atoms with van der Waals surface area (Å²) in [5.74, 6) is 1.15. The first-order valence-corrected chi connectivity index (χ1v) is 11.6. The summed E-state index contributed by atoms with van der Waals surface area (Å²) in [4.78, 5) is 12.4. The van der Waals surface area contributed by atoms with E-state index in [0.717, 1.165) is 28.7 Å². The molecule has 2 aromatic carbocycles. The van der Waals surface area contributed by atoms with Crippen LogP contribution in [0, 0.1) is 0 Å². The number of primary sulfonamides is 1. The van der Waals surface area contributed by atoms with Crippen molar-refractivity contribution in [3.8, 4) is 0 Å². The second-order valence-corrected chi connectivity index (χ2v) is 9.00. The SMILES string of the molecule is CCn1c(Cc2ccccc2)nnc1SCC(=O)Cc1ccc(S(N)(=O)=O)cc1. The average molecular weight is 431 g/mol. The molecule has 1 heterocycles. The van der Waals surface area contributed by atoms with Gasteiger partial charge in [-0.3, -0.25) is 4.79 Å². The Morgan fingerprint density at radius 1 is 1.03 bits per heavy atom. The minimum Gasteiger partial charge on any atom is -0.306 e. The van der Waals surface area contributed by atoms with E-state index in [4.69, 9.17) is 5.14 Å². The molecule has 0 unspecified atom stereocenters. The fourth-order valence-corrected chi connectivity index (χ4v) is 4.27. The van der Waals surface area contributed by atoms with Gasteiger partial charge in [-0.05, 0) is 30.2 Å². The molecule has 0 radical (unpaired) electrons. The highest BCUT2D eigenvalue weighted by Gasteiger charge is 2.14. The lowest BCUT2D eigenvalue weighted by Crippen LogP contribution is -2.12. The summed E-state index contributed by atoms with van der Waals surface area (Å²) in [6.07, 6.45) is 0.904. The Bertz CT molecular complexity index is 1080. The molecule has 0 saturated heterocycles. The third-order valence-electron chi connectivity index (χ3n) is 4.33. The maximum absolute atomic E-state index is 12.3. The van der Waals surface area contributed by atoms with E-state index in [1.807, 2.05) is 41.8 Å². The van der Waals surface area contributed by atoms with Gasteiger partial charge in [0, 0.05) is 19.4 Å². The van der Waals surface area contributed by atoms with Crippen molar-refractivity contribution in [1.82, 2.24) is 14.8 Å². The number of hydrogen-bond acceptors (Lipinski definition) is 6. The molecule has 0 spiro atoms. The first-order valence-electron chi connectivity index (χ1n) is 9.09. The summed E-state index contributed by atoms with van der Waals surface area (Å²) in [6.45, 7) is 2.75. The highest BCUT2D eigenvalue weighted by Crippen LogP contribution is 2.20. The van der Waals surface area contributed by atoms with Crippen LogP contribution in [0.2, 0.25) is 0 Å². The fraction of sp³-hybridized carbons (Fsp3) is 0.250. The molecule has 1 aromatic heterocycles. The first-order chi connectivity index (χ1) is 13.9. The van der Waals surface area contributed by atoms with E-state index in [9.17, 15) is 13.2 Å². The highest BCUT2D eigenvalue weighted by atomic mass is 32.2. The predicted octanol–water partition coefficient (Wildman–Crippen LogP) is 2.44. The number of thioether (sulfide) groups is 1. The van der Waals surface area contributed by atoms with Crippen LogP contribution < -0.4 is 5.14 Å². The van der Waals surface area contributed by atoms with Crippen molar-refractivity contribution in [3.05, 3.63) is 71.5 Å². The summed E-state index contributed by atoms with van der Waals surface area (Å²) in [5, 5.41) is 14.3. The molecule has 0 bridgehead atoms. The van der Waals surface area contributed by atoms with Crippen LogP contribution in [0.5, 0.6) is 0 Å². The zero-order valence-corrected chi connectivity index (χ0v) is 17.6. The largest absolute Gasteiger partial charge is 0.306 e. The molecule has 3 rings (SSSR count). The number of sulfonamides is 1. The van der Waals surface area contributed by atoms with E-state index >= 15 is 0 Å². The van der Waals surface area contributed by atoms with Crippen molar-refractivity contribution in [2.45, 2.75) is 36.4 Å². The van der Waals surface area contributed by atoms with E-state index in [1.165, 1.54) is 23.9 Å². The number of hydrogen-bond donors (Lipinski definition) is 1. The number of nitrogens with zero attached hydrogens (tertiary/aromatic N) is 3. The average Bonchev–Trinajstić information content (AvgIpc) is 3.08. The van der Waals surface area contributed by atoms with Crippen molar-refractivity contribution < 1.29 is 13.2 Å². The Morgan fingerprint density at radius 2 is 1.72 bits per heavy atom. The van der Waals surface area contributed by atoms with Gasteiger partial charge in [-0.15, -0.1) is 10.2 Å². The molecule has 29 heavy (non-hydrogen) atoms. The number of rotatable bonds is 9. The van der Waals surface area contributed by atoms with Crippen LogP contribution in [0.15, 0.2) is 64.6 Å². The Kier molecular flexibility index (Phi) is 6.83. The molecule has 2 N–H and O–H groups in total. The minimum atomic E-state index is -3.73. The maximum atomic E-state index is 12.3. The number of benzene rings is 2. The van der Waals surface area contributed by atoms with Crippen molar-refractivity contribution >= 4 is 27.6 Å². The monoisotopic (exact) mass is 430 g/mol. The van der Waals surface area contributed by atoms with Gasteiger partial charge in [-0.25, -0.2) is 13.6 Å². The van der Waals surface area contributed by atoms with Gasteiger partial charge in [0.25, 0.3) is 0 Å².